The summed E-state index contributed by atoms with van der Waals surface area (Å²) in [6.45, 7) is 0.631. The van der Waals surface area contributed by atoms with Gasteiger partial charge in [-0.05, 0) is 18.9 Å². The molecule has 19 heavy (non-hydrogen) atoms. The molecule has 1 fully saturated rings. The molecule has 3 rings (SSSR count). The fraction of sp³-hybridized carbons (Fsp3) is 0.500. The topological polar surface area (TPSA) is 85.8 Å². The molecule has 0 saturated heterocycles. The van der Waals surface area contributed by atoms with Crippen LogP contribution in [0.25, 0.3) is 0 Å². The molecule has 2 aromatic rings. The summed E-state index contributed by atoms with van der Waals surface area (Å²) in [6.07, 6.45) is 4.57. The number of carbonyl (C=O) groups is 1. The standard InChI is InChI=1S/C12H15N5O2/c1-16-9(4-6-13-16)5-7-17-11(8-2-3-8)10(12(18)19)14-15-17/h4,6,8H,2-3,5,7H2,1H3,(H,18,19). The van der Waals surface area contributed by atoms with Crippen LogP contribution < -0.4 is 0 Å². The second kappa shape index (κ2) is 4.49. The minimum Gasteiger partial charge on any atom is -0.476 e. The van der Waals surface area contributed by atoms with E-state index in [1.807, 2.05) is 17.8 Å². The number of hydrogen-bond donors (Lipinski definition) is 1. The highest BCUT2D eigenvalue weighted by atomic mass is 16.4. The van der Waals surface area contributed by atoms with Crippen LogP contribution in [0.5, 0.6) is 0 Å². The zero-order chi connectivity index (χ0) is 13.4. The van der Waals surface area contributed by atoms with Crippen LogP contribution in [0.4, 0.5) is 0 Å². The predicted octanol–water partition coefficient (Wildman–Crippen LogP) is 0.830. The van der Waals surface area contributed by atoms with Crippen LogP contribution >= 0.6 is 0 Å². The van der Waals surface area contributed by atoms with Gasteiger partial charge in [0.2, 0.25) is 0 Å². The summed E-state index contributed by atoms with van der Waals surface area (Å²) in [6, 6.07) is 1.95. The van der Waals surface area contributed by atoms with Gasteiger partial charge < -0.3 is 5.11 Å². The molecule has 0 bridgehead atoms. The minimum atomic E-state index is -0.992. The Kier molecular flexibility index (Phi) is 2.81. The molecular formula is C12H15N5O2. The number of rotatable bonds is 5. The maximum absolute atomic E-state index is 11.1. The quantitative estimate of drug-likeness (QED) is 0.861. The van der Waals surface area contributed by atoms with Crippen LogP contribution in [0, 0.1) is 0 Å². The Bertz CT molecular complexity index is 611. The van der Waals surface area contributed by atoms with E-state index in [0.29, 0.717) is 12.5 Å². The van der Waals surface area contributed by atoms with Crippen molar-refractivity contribution in [2.24, 2.45) is 7.05 Å². The number of aromatic carboxylic acids is 1. The van der Waals surface area contributed by atoms with Gasteiger partial charge in [0.05, 0.1) is 5.69 Å². The third kappa shape index (κ3) is 2.23. The van der Waals surface area contributed by atoms with E-state index in [1.165, 1.54) is 0 Å². The highest BCUT2D eigenvalue weighted by molar-refractivity contribution is 5.86. The van der Waals surface area contributed by atoms with Gasteiger partial charge in [-0.2, -0.15) is 5.10 Å². The third-order valence-electron chi connectivity index (χ3n) is 3.44. The maximum atomic E-state index is 11.1. The Hall–Kier alpha value is -2.18. The van der Waals surface area contributed by atoms with Crippen molar-refractivity contribution in [3.05, 3.63) is 29.3 Å². The van der Waals surface area contributed by atoms with Gasteiger partial charge in [0.15, 0.2) is 5.69 Å². The Morgan fingerprint density at radius 1 is 1.53 bits per heavy atom. The molecule has 0 atom stereocenters. The Morgan fingerprint density at radius 3 is 2.89 bits per heavy atom. The third-order valence-corrected chi connectivity index (χ3v) is 3.44. The monoisotopic (exact) mass is 261 g/mol. The maximum Gasteiger partial charge on any atom is 0.358 e. The lowest BCUT2D eigenvalue weighted by molar-refractivity contribution is 0.0689. The Labute approximate surface area is 109 Å². The highest BCUT2D eigenvalue weighted by Crippen LogP contribution is 2.41. The van der Waals surface area contributed by atoms with Gasteiger partial charge in [-0.15, -0.1) is 5.10 Å². The fourth-order valence-corrected chi connectivity index (χ4v) is 2.27. The minimum absolute atomic E-state index is 0.104. The second-order valence-corrected chi connectivity index (χ2v) is 4.82. The Morgan fingerprint density at radius 2 is 2.32 bits per heavy atom. The molecule has 2 aromatic heterocycles. The molecule has 0 radical (unpaired) electrons. The van der Waals surface area contributed by atoms with Crippen LogP contribution in [0.15, 0.2) is 12.3 Å². The zero-order valence-corrected chi connectivity index (χ0v) is 10.7. The molecule has 1 saturated carbocycles. The summed E-state index contributed by atoms with van der Waals surface area (Å²) >= 11 is 0. The summed E-state index contributed by atoms with van der Waals surface area (Å²) in [5.41, 5.74) is 1.97. The van der Waals surface area contributed by atoms with Gasteiger partial charge in [-0.25, -0.2) is 9.48 Å². The van der Waals surface area contributed by atoms with E-state index < -0.39 is 5.97 Å². The summed E-state index contributed by atoms with van der Waals surface area (Å²) in [5.74, 6) is -0.679. The Balaban J connectivity index is 1.81. The van der Waals surface area contributed by atoms with E-state index in [1.54, 1.807) is 10.9 Å². The average Bonchev–Trinajstić information content (AvgIpc) is 2.99. The molecule has 0 aromatic carbocycles. The van der Waals surface area contributed by atoms with Crippen molar-refractivity contribution in [2.75, 3.05) is 0 Å². The van der Waals surface area contributed by atoms with E-state index in [-0.39, 0.29) is 5.69 Å². The number of carboxylic acids is 1. The van der Waals surface area contributed by atoms with Crippen molar-refractivity contribution in [3.8, 4) is 0 Å². The smallest absolute Gasteiger partial charge is 0.358 e. The normalized spacial score (nSPS) is 14.8. The highest BCUT2D eigenvalue weighted by Gasteiger charge is 2.33. The first-order valence-corrected chi connectivity index (χ1v) is 6.30. The first kappa shape index (κ1) is 11.9. The molecule has 7 heteroatoms. The summed E-state index contributed by atoms with van der Waals surface area (Å²) in [7, 11) is 1.89. The van der Waals surface area contributed by atoms with Gasteiger partial charge in [0.25, 0.3) is 0 Å². The number of hydrogen-bond acceptors (Lipinski definition) is 4. The van der Waals surface area contributed by atoms with Crippen molar-refractivity contribution in [2.45, 2.75) is 31.7 Å². The van der Waals surface area contributed by atoms with Gasteiger partial charge in [0.1, 0.15) is 0 Å². The molecule has 0 aliphatic heterocycles. The van der Waals surface area contributed by atoms with E-state index in [9.17, 15) is 4.79 Å². The van der Waals surface area contributed by atoms with Crippen molar-refractivity contribution in [1.29, 1.82) is 0 Å². The predicted molar refractivity (Wildman–Crippen MR) is 65.9 cm³/mol. The molecule has 0 amide bonds. The van der Waals surface area contributed by atoms with Crippen molar-refractivity contribution in [3.63, 3.8) is 0 Å². The number of aryl methyl sites for hydroxylation is 3. The van der Waals surface area contributed by atoms with Crippen LogP contribution in [0.3, 0.4) is 0 Å². The molecule has 1 aliphatic carbocycles. The second-order valence-electron chi connectivity index (χ2n) is 4.82. The van der Waals surface area contributed by atoms with Crippen LogP contribution in [-0.2, 0) is 20.0 Å². The average molecular weight is 261 g/mol. The molecule has 1 N–H and O–H groups in total. The largest absolute Gasteiger partial charge is 0.476 e. The van der Waals surface area contributed by atoms with E-state index in [4.69, 9.17) is 5.11 Å². The number of aromatic nitrogens is 5. The van der Waals surface area contributed by atoms with E-state index >= 15 is 0 Å². The lowest BCUT2D eigenvalue weighted by Crippen LogP contribution is -2.11. The molecule has 2 heterocycles. The first-order chi connectivity index (χ1) is 9.16. The first-order valence-electron chi connectivity index (χ1n) is 6.30. The van der Waals surface area contributed by atoms with Crippen LogP contribution in [-0.4, -0.2) is 35.9 Å². The van der Waals surface area contributed by atoms with Crippen LogP contribution in [0.2, 0.25) is 0 Å². The van der Waals surface area contributed by atoms with Crippen molar-refractivity contribution in [1.82, 2.24) is 24.8 Å². The van der Waals surface area contributed by atoms with Crippen molar-refractivity contribution < 1.29 is 9.90 Å². The van der Waals surface area contributed by atoms with E-state index in [0.717, 1.165) is 30.7 Å². The van der Waals surface area contributed by atoms with Crippen molar-refractivity contribution >= 4 is 5.97 Å². The molecule has 100 valence electrons. The van der Waals surface area contributed by atoms with Gasteiger partial charge in [-0.1, -0.05) is 5.21 Å². The molecule has 7 nitrogen and oxygen atoms in total. The van der Waals surface area contributed by atoms with Crippen LogP contribution in [0.1, 0.15) is 40.6 Å². The summed E-state index contributed by atoms with van der Waals surface area (Å²) in [5, 5.41) is 21.0. The fourth-order valence-electron chi connectivity index (χ4n) is 2.27. The molecule has 0 spiro atoms. The molecule has 1 aliphatic rings. The summed E-state index contributed by atoms with van der Waals surface area (Å²) in [4.78, 5) is 11.1. The van der Waals surface area contributed by atoms with Gasteiger partial charge in [0, 0.05) is 37.8 Å². The lowest BCUT2D eigenvalue weighted by Gasteiger charge is -2.06. The SMILES string of the molecule is Cn1nccc1CCn1nnc(C(=O)O)c1C1CC1. The molecular weight excluding hydrogens is 246 g/mol. The molecule has 0 unspecified atom stereocenters. The summed E-state index contributed by atoms with van der Waals surface area (Å²) < 4.78 is 3.54. The zero-order valence-electron chi connectivity index (χ0n) is 10.7. The van der Waals surface area contributed by atoms with E-state index in [2.05, 4.69) is 15.4 Å². The van der Waals surface area contributed by atoms with Gasteiger partial charge >= 0.3 is 5.97 Å². The van der Waals surface area contributed by atoms with Gasteiger partial charge in [-0.3, -0.25) is 4.68 Å². The number of nitrogens with zero attached hydrogens (tertiary/aromatic N) is 5. The number of carboxylic acid groups (broad SMARTS) is 1. The lowest BCUT2D eigenvalue weighted by atomic mass is 10.2.